The second-order valence-electron chi connectivity index (χ2n) is 5.17. The van der Waals surface area contributed by atoms with Crippen molar-refractivity contribution in [3.05, 3.63) is 11.4 Å². The molecule has 1 rings (SSSR count). The van der Waals surface area contributed by atoms with Gasteiger partial charge in [0.1, 0.15) is 4.90 Å². The zero-order chi connectivity index (χ0) is 16.0. The minimum atomic E-state index is -3.53. The molecule has 8 heteroatoms. The number of thioether (sulfide) groups is 1. The molecule has 1 atom stereocenters. The summed E-state index contributed by atoms with van der Waals surface area (Å²) in [7, 11) is -3.53. The Morgan fingerprint density at radius 2 is 2.10 bits per heavy atom. The molecule has 1 aromatic heterocycles. The van der Waals surface area contributed by atoms with Crippen molar-refractivity contribution in [3.63, 3.8) is 0 Å². The van der Waals surface area contributed by atoms with Gasteiger partial charge >= 0.3 is 0 Å². The lowest BCUT2D eigenvalue weighted by atomic mass is 10.3. The van der Waals surface area contributed by atoms with Crippen LogP contribution in [0.1, 0.15) is 31.2 Å². The van der Waals surface area contributed by atoms with Crippen molar-refractivity contribution in [2.45, 2.75) is 51.1 Å². The molecule has 3 N–H and O–H groups in total. The van der Waals surface area contributed by atoms with Crippen LogP contribution in [0.5, 0.6) is 0 Å². The number of nitrogens with zero attached hydrogens (tertiary/aromatic N) is 2. The van der Waals surface area contributed by atoms with Crippen LogP contribution in [0.2, 0.25) is 0 Å². The van der Waals surface area contributed by atoms with Crippen LogP contribution in [-0.4, -0.2) is 42.8 Å². The predicted molar refractivity (Wildman–Crippen MR) is 88.2 cm³/mol. The highest BCUT2D eigenvalue weighted by molar-refractivity contribution is 7.98. The maximum Gasteiger partial charge on any atom is 0.244 e. The van der Waals surface area contributed by atoms with Crippen molar-refractivity contribution in [2.75, 3.05) is 18.6 Å². The fourth-order valence-corrected chi connectivity index (χ4v) is 4.48. The molecule has 0 aliphatic heterocycles. The third-order valence-corrected chi connectivity index (χ3v) is 5.75. The zero-order valence-electron chi connectivity index (χ0n) is 13.2. The summed E-state index contributed by atoms with van der Waals surface area (Å²) in [5.74, 6) is 0.928. The Balaban J connectivity index is 2.95. The summed E-state index contributed by atoms with van der Waals surface area (Å²) >= 11 is 1.71. The highest BCUT2D eigenvalue weighted by Gasteiger charge is 2.25. The van der Waals surface area contributed by atoms with Crippen LogP contribution in [0.25, 0.3) is 0 Å². The monoisotopic (exact) mass is 334 g/mol. The molecular formula is C13H26N4O2S2. The lowest BCUT2D eigenvalue weighted by Gasteiger charge is -2.14. The lowest BCUT2D eigenvalue weighted by Crippen LogP contribution is -2.33. The molecule has 21 heavy (non-hydrogen) atoms. The molecule has 0 bridgehead atoms. The largest absolute Gasteiger partial charge is 0.330 e. The fourth-order valence-electron chi connectivity index (χ4n) is 2.21. The van der Waals surface area contributed by atoms with Crippen LogP contribution in [0, 0.1) is 13.8 Å². The van der Waals surface area contributed by atoms with Gasteiger partial charge in [-0.15, -0.1) is 0 Å². The van der Waals surface area contributed by atoms with E-state index in [1.165, 1.54) is 0 Å². The fraction of sp³-hybridized carbons (Fsp3) is 0.769. The number of nitrogens with one attached hydrogen (secondary N) is 1. The standard InChI is InChI=1S/C13H26N4O2S2/c1-10(6-9-20-4)16-21(18,19)13-11(2)15-17(12(13)3)8-5-7-14/h10,16H,5-9,14H2,1-4H3. The van der Waals surface area contributed by atoms with E-state index in [2.05, 4.69) is 9.82 Å². The Bertz CT molecular complexity index is 555. The number of sulfonamides is 1. The van der Waals surface area contributed by atoms with Crippen molar-refractivity contribution in [1.29, 1.82) is 0 Å². The first-order valence-electron chi connectivity index (χ1n) is 7.08. The Morgan fingerprint density at radius 3 is 2.67 bits per heavy atom. The van der Waals surface area contributed by atoms with E-state index in [0.29, 0.717) is 29.4 Å². The molecule has 6 nitrogen and oxygen atoms in total. The maximum absolute atomic E-state index is 12.5. The lowest BCUT2D eigenvalue weighted by molar-refractivity contribution is 0.552. The van der Waals surface area contributed by atoms with Crippen molar-refractivity contribution < 1.29 is 8.42 Å². The Morgan fingerprint density at radius 1 is 1.43 bits per heavy atom. The highest BCUT2D eigenvalue weighted by atomic mass is 32.2. The minimum absolute atomic E-state index is 0.0892. The number of aromatic nitrogens is 2. The summed E-state index contributed by atoms with van der Waals surface area (Å²) in [6.07, 6.45) is 3.59. The molecule has 0 aromatic carbocycles. The summed E-state index contributed by atoms with van der Waals surface area (Å²) in [5, 5.41) is 4.32. The van der Waals surface area contributed by atoms with Gasteiger partial charge in [-0.1, -0.05) is 0 Å². The van der Waals surface area contributed by atoms with E-state index < -0.39 is 10.0 Å². The summed E-state index contributed by atoms with van der Waals surface area (Å²) in [6, 6.07) is -0.0892. The quantitative estimate of drug-likeness (QED) is 0.710. The first-order chi connectivity index (χ1) is 9.83. The molecule has 122 valence electrons. The van der Waals surface area contributed by atoms with Gasteiger partial charge < -0.3 is 5.73 Å². The third kappa shape index (κ3) is 4.98. The average Bonchev–Trinajstić information content (AvgIpc) is 2.68. The number of aryl methyl sites for hydroxylation is 2. The average molecular weight is 335 g/mol. The smallest absolute Gasteiger partial charge is 0.244 e. The summed E-state index contributed by atoms with van der Waals surface area (Å²) in [5.41, 5.74) is 6.70. The molecule has 0 aliphatic carbocycles. The van der Waals surface area contributed by atoms with E-state index >= 15 is 0 Å². The van der Waals surface area contributed by atoms with Gasteiger partial charge in [-0.3, -0.25) is 4.68 Å². The molecule has 1 heterocycles. The van der Waals surface area contributed by atoms with Crippen LogP contribution in [0.3, 0.4) is 0 Å². The van der Waals surface area contributed by atoms with E-state index in [1.54, 1.807) is 30.3 Å². The topological polar surface area (TPSA) is 90.0 Å². The first-order valence-corrected chi connectivity index (χ1v) is 9.96. The second-order valence-corrected chi connectivity index (χ2v) is 7.81. The number of hydrogen-bond acceptors (Lipinski definition) is 5. The number of rotatable bonds is 9. The van der Waals surface area contributed by atoms with Crippen LogP contribution in [0.4, 0.5) is 0 Å². The molecule has 0 amide bonds. The molecule has 0 fully saturated rings. The molecule has 1 unspecified atom stereocenters. The van der Waals surface area contributed by atoms with Gasteiger partial charge in [0.25, 0.3) is 0 Å². The molecule has 0 radical (unpaired) electrons. The second kappa shape index (κ2) is 8.17. The van der Waals surface area contributed by atoms with E-state index in [4.69, 9.17) is 5.73 Å². The number of hydrogen-bond donors (Lipinski definition) is 2. The van der Waals surface area contributed by atoms with Crippen molar-refractivity contribution in [3.8, 4) is 0 Å². The van der Waals surface area contributed by atoms with Gasteiger partial charge in [-0.25, -0.2) is 13.1 Å². The Kier molecular flexibility index (Phi) is 7.19. The van der Waals surface area contributed by atoms with Gasteiger partial charge in [-0.05, 0) is 52.2 Å². The molecule has 0 saturated heterocycles. The molecular weight excluding hydrogens is 308 g/mol. The molecule has 0 saturated carbocycles. The highest BCUT2D eigenvalue weighted by Crippen LogP contribution is 2.20. The van der Waals surface area contributed by atoms with Gasteiger partial charge in [0, 0.05) is 12.6 Å². The van der Waals surface area contributed by atoms with Crippen molar-refractivity contribution >= 4 is 21.8 Å². The number of nitrogens with two attached hydrogens (primary N) is 1. The van der Waals surface area contributed by atoms with Crippen LogP contribution >= 0.6 is 11.8 Å². The van der Waals surface area contributed by atoms with Gasteiger partial charge in [0.15, 0.2) is 0 Å². The normalized spacial score (nSPS) is 13.6. The Labute approximate surface area is 131 Å². The van der Waals surface area contributed by atoms with Crippen LogP contribution < -0.4 is 10.5 Å². The minimum Gasteiger partial charge on any atom is -0.330 e. The molecule has 1 aromatic rings. The van der Waals surface area contributed by atoms with Gasteiger partial charge in [0.2, 0.25) is 10.0 Å². The summed E-state index contributed by atoms with van der Waals surface area (Å²) < 4.78 is 29.5. The van der Waals surface area contributed by atoms with Crippen molar-refractivity contribution in [1.82, 2.24) is 14.5 Å². The van der Waals surface area contributed by atoms with E-state index in [0.717, 1.165) is 18.6 Å². The van der Waals surface area contributed by atoms with E-state index in [9.17, 15) is 8.42 Å². The Hall–Kier alpha value is -0.570. The summed E-state index contributed by atoms with van der Waals surface area (Å²) in [6.45, 7) is 6.60. The van der Waals surface area contributed by atoms with Gasteiger partial charge in [0.05, 0.1) is 11.4 Å². The van der Waals surface area contributed by atoms with Crippen molar-refractivity contribution in [2.24, 2.45) is 5.73 Å². The van der Waals surface area contributed by atoms with Crippen LogP contribution in [0.15, 0.2) is 4.90 Å². The third-order valence-electron chi connectivity index (χ3n) is 3.27. The molecule has 0 aliphatic rings. The SMILES string of the molecule is CSCCC(C)NS(=O)(=O)c1c(C)nn(CCCN)c1C. The first kappa shape index (κ1) is 18.5. The molecule has 0 spiro atoms. The summed E-state index contributed by atoms with van der Waals surface area (Å²) in [4.78, 5) is 0.301. The van der Waals surface area contributed by atoms with E-state index in [1.807, 2.05) is 13.2 Å². The van der Waals surface area contributed by atoms with Gasteiger partial charge in [-0.2, -0.15) is 16.9 Å². The zero-order valence-corrected chi connectivity index (χ0v) is 14.9. The van der Waals surface area contributed by atoms with E-state index in [-0.39, 0.29) is 6.04 Å². The predicted octanol–water partition coefficient (Wildman–Crippen LogP) is 1.27. The van der Waals surface area contributed by atoms with Crippen LogP contribution in [-0.2, 0) is 16.6 Å². The maximum atomic E-state index is 12.5.